The van der Waals surface area contributed by atoms with Crippen LogP contribution in [0, 0.1) is 54.5 Å². The van der Waals surface area contributed by atoms with Gasteiger partial charge in [0, 0.05) is 12.1 Å². The maximum atomic E-state index is 13.1. The molecule has 8 bridgehead atoms. The second kappa shape index (κ2) is 18.8. The Kier molecular flexibility index (Phi) is 13.0. The third-order valence-corrected chi connectivity index (χ3v) is 19.2. The molecule has 0 aromatic heterocycles. The van der Waals surface area contributed by atoms with Gasteiger partial charge in [-0.3, -0.25) is 0 Å². The summed E-state index contributed by atoms with van der Waals surface area (Å²) in [5, 5.41) is 0. The fourth-order valence-corrected chi connectivity index (χ4v) is 15.6. The van der Waals surface area contributed by atoms with Crippen LogP contribution >= 0.6 is 0 Å². The molecule has 0 aliphatic heterocycles. The van der Waals surface area contributed by atoms with Crippen LogP contribution in [-0.4, -0.2) is 43.5 Å². The molecule has 0 radical (unpaired) electrons. The first-order valence-electron chi connectivity index (χ1n) is 24.8. The highest BCUT2D eigenvalue weighted by atomic mass is 127. The second-order valence-corrected chi connectivity index (χ2v) is 25.2. The van der Waals surface area contributed by atoms with Gasteiger partial charge in [0.05, 0.1) is 7.11 Å². The Morgan fingerprint density at radius 2 is 0.925 bits per heavy atom. The molecule has 0 N–H and O–H groups in total. The summed E-state index contributed by atoms with van der Waals surface area (Å²) in [4.78, 5) is 26.2. The Labute approximate surface area is 407 Å². The largest absolute Gasteiger partial charge is 0.490 e. The molecule has 0 saturated heterocycles. The lowest BCUT2D eigenvalue weighted by Crippen LogP contribution is -3.61. The first kappa shape index (κ1) is 46.3. The summed E-state index contributed by atoms with van der Waals surface area (Å²) in [6.45, 7) is 11.4. The summed E-state index contributed by atoms with van der Waals surface area (Å²) in [6, 6.07) is 28.4. The van der Waals surface area contributed by atoms with Crippen molar-refractivity contribution in [2.24, 2.45) is 47.3 Å². The maximum Gasteiger partial charge on any atom is 0.358 e. The van der Waals surface area contributed by atoms with Gasteiger partial charge in [0.15, 0.2) is 28.3 Å². The van der Waals surface area contributed by atoms with Crippen molar-refractivity contribution >= 4 is 11.9 Å². The number of carbonyl (C=O) groups is 2. The van der Waals surface area contributed by atoms with Crippen LogP contribution in [-0.2, 0) is 37.7 Å². The number of carbonyl (C=O) groups excluding carboxylic acids is 2. The van der Waals surface area contributed by atoms with E-state index >= 15 is 0 Å². The molecule has 8 saturated carbocycles. The number of halogens is 1. The highest BCUT2D eigenvalue weighted by Crippen LogP contribution is 2.60. The van der Waals surface area contributed by atoms with Gasteiger partial charge < -0.3 is 33.2 Å². The fraction of sp³-hybridized carbons (Fsp3) is 0.544. The van der Waals surface area contributed by atoms with Crippen molar-refractivity contribution < 1.29 is 64.0 Å². The highest BCUT2D eigenvalue weighted by Gasteiger charge is 2.58. The third-order valence-electron chi connectivity index (χ3n) is 16.7. The van der Waals surface area contributed by atoms with E-state index in [4.69, 9.17) is 33.2 Å². The van der Waals surface area contributed by atoms with E-state index < -0.39 is 21.2 Å². The molecule has 0 atom stereocenters. The number of hydrogen-bond donors (Lipinski definition) is 0. The van der Waals surface area contributed by atoms with Gasteiger partial charge in [0.1, 0.15) is 35.9 Å². The van der Waals surface area contributed by atoms with Crippen molar-refractivity contribution in [1.82, 2.24) is 0 Å². The summed E-state index contributed by atoms with van der Waals surface area (Å²) in [5.74, 6) is 7.49. The van der Waals surface area contributed by atoms with Gasteiger partial charge in [-0.25, -0.2) is 9.59 Å². The maximum absolute atomic E-state index is 13.1. The predicted octanol–water partition coefficient (Wildman–Crippen LogP) is 8.55. The number of ether oxygens (including phenoxy) is 7. The zero-order valence-electron chi connectivity index (χ0n) is 40.2. The molecule has 9 nitrogen and oxygen atoms in total. The van der Waals surface area contributed by atoms with Crippen LogP contribution in [0.15, 0.2) is 84.9 Å². The lowest BCUT2D eigenvalue weighted by Gasteiger charge is -2.59. The van der Waals surface area contributed by atoms with E-state index in [-0.39, 0.29) is 41.8 Å². The van der Waals surface area contributed by atoms with E-state index in [1.165, 1.54) is 73.3 Å². The standard InChI is InChI=1S/C57H68IO9/c1-55(2,3)41-11-13-46(14-12-41)58-47-29-50(64-31-35-7-15-48(16-8-35)62-33-52(59)66-56(4)42-21-37-19-38(23-42)24-43(56)22-37)54(61-6)51(30-47)65-32-36-9-17-49(18-10-36)63-34-53(60)67-57(5)44-25-39-20-40(27-44)28-45(57)26-39/h7-18,29-30,37-40,42-45H,19-28,31-34H2,1-6H3/q+1. The molecular weight excluding hydrogens is 956 g/mol. The van der Waals surface area contributed by atoms with Crippen LogP contribution in [0.1, 0.15) is 116 Å². The summed E-state index contributed by atoms with van der Waals surface area (Å²) in [7, 11) is 1.64. The molecule has 0 unspecified atom stereocenters. The Hall–Kier alpha value is -4.45. The average molecular weight is 1020 g/mol. The Bertz CT molecular complexity index is 2210. The molecule has 356 valence electrons. The molecular formula is C57H68IO9+. The van der Waals surface area contributed by atoms with E-state index in [0.29, 0.717) is 65.6 Å². The molecule has 67 heavy (non-hydrogen) atoms. The lowest BCUT2D eigenvalue weighted by atomic mass is 9.50. The molecule has 8 aliphatic rings. The first-order chi connectivity index (χ1) is 32.2. The first-order valence-corrected chi connectivity index (χ1v) is 26.9. The molecule has 8 fully saturated rings. The van der Waals surface area contributed by atoms with Gasteiger partial charge in [0.25, 0.3) is 0 Å². The van der Waals surface area contributed by atoms with Gasteiger partial charge in [-0.15, -0.1) is 0 Å². The van der Waals surface area contributed by atoms with E-state index in [0.717, 1.165) is 38.4 Å². The van der Waals surface area contributed by atoms with Gasteiger partial charge in [0.2, 0.25) is 9.32 Å². The van der Waals surface area contributed by atoms with Gasteiger partial charge in [-0.05, 0) is 184 Å². The monoisotopic (exact) mass is 1020 g/mol. The van der Waals surface area contributed by atoms with Crippen LogP contribution in [0.4, 0.5) is 0 Å². The van der Waals surface area contributed by atoms with Gasteiger partial charge in [-0.2, -0.15) is 0 Å². The van der Waals surface area contributed by atoms with E-state index in [1.54, 1.807) is 7.11 Å². The Balaban J connectivity index is 0.765. The van der Waals surface area contributed by atoms with Crippen LogP contribution in [0.2, 0.25) is 0 Å². The van der Waals surface area contributed by atoms with Crippen molar-refractivity contribution in [2.75, 3.05) is 20.3 Å². The quantitative estimate of drug-likeness (QED) is 0.0762. The minimum atomic E-state index is -0.585. The van der Waals surface area contributed by atoms with Crippen LogP contribution < -0.4 is 44.9 Å². The predicted molar refractivity (Wildman–Crippen MR) is 251 cm³/mol. The lowest BCUT2D eigenvalue weighted by molar-refractivity contribution is -0.597. The summed E-state index contributed by atoms with van der Waals surface area (Å²) >= 11 is -0.585. The smallest absolute Gasteiger partial charge is 0.358 e. The molecule has 4 aromatic rings. The molecule has 10 heteroatoms. The third kappa shape index (κ3) is 10.0. The SMILES string of the molecule is COc1c(OCc2ccc(OCC(=O)OC3(C)C4CC5CC(C4)CC3C5)cc2)cc([I+]c2ccc(C(C)(C)C)cc2)cc1OCc1ccc(OCC(=O)OC2(C)C3CC4CC(C3)CC2C4)cc1. The molecule has 0 heterocycles. The van der Waals surface area contributed by atoms with Crippen molar-refractivity contribution in [3.8, 4) is 28.7 Å². The Morgan fingerprint density at radius 3 is 1.28 bits per heavy atom. The number of esters is 2. The van der Waals surface area contributed by atoms with Crippen LogP contribution in [0.3, 0.4) is 0 Å². The zero-order chi connectivity index (χ0) is 46.5. The van der Waals surface area contributed by atoms with E-state index in [9.17, 15) is 9.59 Å². The van der Waals surface area contributed by atoms with E-state index in [2.05, 4.69) is 71.0 Å². The average Bonchev–Trinajstić information content (AvgIpc) is 3.30. The summed E-state index contributed by atoms with van der Waals surface area (Å²) in [5.41, 5.74) is 2.51. The highest BCUT2D eigenvalue weighted by molar-refractivity contribution is 5.72. The summed E-state index contributed by atoms with van der Waals surface area (Å²) in [6.07, 6.45) is 12.2. The van der Waals surface area contributed by atoms with Crippen molar-refractivity contribution in [3.63, 3.8) is 0 Å². The number of rotatable bonds is 17. The number of methoxy groups -OCH3 is 1. The van der Waals surface area contributed by atoms with Crippen molar-refractivity contribution in [3.05, 3.63) is 109 Å². The molecule has 12 rings (SSSR count). The van der Waals surface area contributed by atoms with Crippen LogP contribution in [0.5, 0.6) is 28.7 Å². The molecule has 0 amide bonds. The minimum Gasteiger partial charge on any atom is -0.490 e. The fourth-order valence-electron chi connectivity index (χ4n) is 13.2. The molecule has 0 spiro atoms. The van der Waals surface area contributed by atoms with Gasteiger partial charge in [-0.1, -0.05) is 57.2 Å². The van der Waals surface area contributed by atoms with E-state index in [1.807, 2.05) is 48.5 Å². The molecule has 8 aliphatic carbocycles. The van der Waals surface area contributed by atoms with Crippen molar-refractivity contribution in [1.29, 1.82) is 0 Å². The number of hydrogen-bond acceptors (Lipinski definition) is 9. The Morgan fingerprint density at radius 1 is 0.537 bits per heavy atom. The minimum absolute atomic E-state index is 0.0737. The topological polar surface area (TPSA) is 98.8 Å². The zero-order valence-corrected chi connectivity index (χ0v) is 42.3. The van der Waals surface area contributed by atoms with Crippen molar-refractivity contribution in [2.45, 2.75) is 129 Å². The summed E-state index contributed by atoms with van der Waals surface area (Å²) < 4.78 is 45.7. The molecule has 4 aromatic carbocycles. The normalized spacial score (nSPS) is 29.9. The van der Waals surface area contributed by atoms with Gasteiger partial charge >= 0.3 is 33.1 Å². The number of benzene rings is 4. The van der Waals surface area contributed by atoms with Crippen LogP contribution in [0.25, 0.3) is 0 Å². The second-order valence-electron chi connectivity index (χ2n) is 22.2.